The van der Waals surface area contributed by atoms with Crippen molar-refractivity contribution in [2.24, 2.45) is 5.73 Å². The predicted molar refractivity (Wildman–Crippen MR) is 71.5 cm³/mol. The van der Waals surface area contributed by atoms with E-state index in [0.29, 0.717) is 0 Å². The van der Waals surface area contributed by atoms with Gasteiger partial charge in [-0.2, -0.15) is 0 Å². The number of aryl methyl sites for hydroxylation is 1. The average Bonchev–Trinajstić information content (AvgIpc) is 2.75. The minimum Gasteiger partial charge on any atom is -0.312 e. The van der Waals surface area contributed by atoms with Crippen LogP contribution >= 0.6 is 15.9 Å². The number of fused-ring (bicyclic) bond motifs is 1. The fourth-order valence-electron chi connectivity index (χ4n) is 2.41. The highest BCUT2D eigenvalue weighted by atomic mass is 79.9. The Morgan fingerprint density at radius 1 is 1.35 bits per heavy atom. The molecule has 3 nitrogen and oxygen atoms in total. The summed E-state index contributed by atoms with van der Waals surface area (Å²) in [5.41, 5.74) is 8.54. The van der Waals surface area contributed by atoms with Gasteiger partial charge in [0.1, 0.15) is 5.82 Å². The largest absolute Gasteiger partial charge is 0.312 e. The van der Waals surface area contributed by atoms with E-state index in [1.807, 2.05) is 24.4 Å². The lowest BCUT2D eigenvalue weighted by molar-refractivity contribution is 0.418. The molecule has 17 heavy (non-hydrogen) atoms. The Morgan fingerprint density at radius 2 is 2.18 bits per heavy atom. The van der Waals surface area contributed by atoms with Gasteiger partial charge in [-0.15, -0.1) is 0 Å². The molecule has 1 aliphatic heterocycles. The summed E-state index contributed by atoms with van der Waals surface area (Å²) in [6.07, 6.45) is 5.27. The lowest BCUT2D eigenvalue weighted by atomic mass is 10.1. The van der Waals surface area contributed by atoms with Crippen molar-refractivity contribution in [3.63, 3.8) is 0 Å². The third-order valence-corrected chi connectivity index (χ3v) is 3.94. The molecule has 0 radical (unpaired) electrons. The van der Waals surface area contributed by atoms with Gasteiger partial charge in [0.05, 0.1) is 6.17 Å². The van der Waals surface area contributed by atoms with Crippen molar-refractivity contribution in [3.8, 4) is 11.4 Å². The van der Waals surface area contributed by atoms with Crippen molar-refractivity contribution in [1.82, 2.24) is 9.55 Å². The van der Waals surface area contributed by atoms with Gasteiger partial charge in [-0.05, 0) is 25.3 Å². The first kappa shape index (κ1) is 11.0. The average molecular weight is 292 g/mol. The van der Waals surface area contributed by atoms with Crippen molar-refractivity contribution >= 4 is 15.9 Å². The number of nitrogens with zero attached hydrogens (tertiary/aromatic N) is 2. The van der Waals surface area contributed by atoms with Crippen LogP contribution < -0.4 is 5.73 Å². The van der Waals surface area contributed by atoms with Crippen molar-refractivity contribution < 1.29 is 0 Å². The number of aromatic nitrogens is 2. The number of halogens is 1. The smallest absolute Gasteiger partial charge is 0.142 e. The molecule has 1 atom stereocenters. The van der Waals surface area contributed by atoms with Crippen molar-refractivity contribution in [2.75, 3.05) is 0 Å². The van der Waals surface area contributed by atoms with Crippen molar-refractivity contribution in [2.45, 2.75) is 25.4 Å². The molecule has 1 aliphatic rings. The molecule has 3 rings (SSSR count). The third-order valence-electron chi connectivity index (χ3n) is 3.25. The Bertz CT molecular complexity index is 547. The highest BCUT2D eigenvalue weighted by Crippen LogP contribution is 2.32. The molecule has 0 saturated heterocycles. The molecule has 0 spiro atoms. The first-order chi connectivity index (χ1) is 8.27. The Kier molecular flexibility index (Phi) is 2.76. The molecule has 0 amide bonds. The molecule has 1 unspecified atom stereocenters. The zero-order valence-corrected chi connectivity index (χ0v) is 11.0. The second-order valence-electron chi connectivity index (χ2n) is 4.38. The molecule has 0 aliphatic carbocycles. The fourth-order valence-corrected chi connectivity index (χ4v) is 2.88. The maximum atomic E-state index is 6.19. The Labute approximate surface area is 109 Å². The van der Waals surface area contributed by atoms with E-state index in [9.17, 15) is 0 Å². The highest BCUT2D eigenvalue weighted by Gasteiger charge is 2.21. The molecular weight excluding hydrogens is 278 g/mol. The Balaban J connectivity index is 2.17. The summed E-state index contributed by atoms with van der Waals surface area (Å²) in [5, 5.41) is 0. The van der Waals surface area contributed by atoms with Gasteiger partial charge in [-0.1, -0.05) is 34.1 Å². The van der Waals surface area contributed by atoms with Gasteiger partial charge in [0.2, 0.25) is 0 Å². The quantitative estimate of drug-likeness (QED) is 0.877. The maximum absolute atomic E-state index is 6.19. The summed E-state index contributed by atoms with van der Waals surface area (Å²) >= 11 is 3.57. The number of rotatable bonds is 1. The molecule has 2 aromatic rings. The molecule has 0 bridgehead atoms. The Morgan fingerprint density at radius 3 is 3.00 bits per heavy atom. The monoisotopic (exact) mass is 291 g/mol. The molecule has 1 aromatic carbocycles. The van der Waals surface area contributed by atoms with Crippen molar-refractivity contribution in [3.05, 3.63) is 40.6 Å². The van der Waals surface area contributed by atoms with E-state index in [0.717, 1.165) is 35.1 Å². The SMILES string of the molecule is NC1CCCc2cnc(-c3ccccc3Br)n21. The van der Waals surface area contributed by atoms with Crippen LogP contribution in [0.25, 0.3) is 11.4 Å². The van der Waals surface area contributed by atoms with Crippen LogP contribution in [0.15, 0.2) is 34.9 Å². The molecule has 0 saturated carbocycles. The lowest BCUT2D eigenvalue weighted by Crippen LogP contribution is -2.25. The molecule has 2 heterocycles. The third kappa shape index (κ3) is 1.81. The maximum Gasteiger partial charge on any atom is 0.142 e. The second kappa shape index (κ2) is 4.27. The van der Waals surface area contributed by atoms with Gasteiger partial charge in [-0.3, -0.25) is 0 Å². The van der Waals surface area contributed by atoms with E-state index >= 15 is 0 Å². The van der Waals surface area contributed by atoms with E-state index < -0.39 is 0 Å². The van der Waals surface area contributed by atoms with Gasteiger partial charge in [0, 0.05) is 21.9 Å². The number of nitrogens with two attached hydrogens (primary N) is 1. The van der Waals surface area contributed by atoms with Gasteiger partial charge < -0.3 is 10.3 Å². The van der Waals surface area contributed by atoms with Crippen LogP contribution in [0.1, 0.15) is 24.7 Å². The van der Waals surface area contributed by atoms with Crippen LogP contribution in [0.2, 0.25) is 0 Å². The minimum atomic E-state index is 0.0587. The number of hydrogen-bond acceptors (Lipinski definition) is 2. The standard InChI is InChI=1S/C13H14BrN3/c14-11-6-2-1-5-10(11)13-16-8-9-4-3-7-12(15)17(9)13/h1-2,5-6,8,12H,3-4,7,15H2. The van der Waals surface area contributed by atoms with Crippen LogP contribution in [0.5, 0.6) is 0 Å². The van der Waals surface area contributed by atoms with Crippen LogP contribution in [-0.2, 0) is 6.42 Å². The molecule has 2 N–H and O–H groups in total. The summed E-state index contributed by atoms with van der Waals surface area (Å²) in [4.78, 5) is 4.53. The number of benzene rings is 1. The second-order valence-corrected chi connectivity index (χ2v) is 5.24. The molecular formula is C13H14BrN3. The molecule has 88 valence electrons. The van der Waals surface area contributed by atoms with Crippen molar-refractivity contribution in [1.29, 1.82) is 0 Å². The molecule has 1 aromatic heterocycles. The zero-order chi connectivity index (χ0) is 11.8. The van der Waals surface area contributed by atoms with Crippen LogP contribution in [-0.4, -0.2) is 9.55 Å². The van der Waals surface area contributed by atoms with Gasteiger partial charge in [0.15, 0.2) is 0 Å². The van der Waals surface area contributed by atoms with Gasteiger partial charge >= 0.3 is 0 Å². The van der Waals surface area contributed by atoms with E-state index in [2.05, 4.69) is 31.5 Å². The van der Waals surface area contributed by atoms with E-state index in [-0.39, 0.29) is 6.17 Å². The minimum absolute atomic E-state index is 0.0587. The first-order valence-electron chi connectivity index (χ1n) is 5.84. The first-order valence-corrected chi connectivity index (χ1v) is 6.63. The van der Waals surface area contributed by atoms with E-state index in [1.54, 1.807) is 0 Å². The predicted octanol–water partition coefficient (Wildman–Crippen LogP) is 3.11. The number of imidazole rings is 1. The van der Waals surface area contributed by atoms with Crippen LogP contribution in [0, 0.1) is 0 Å². The fraction of sp³-hybridized carbons (Fsp3) is 0.308. The summed E-state index contributed by atoms with van der Waals surface area (Å²) in [5.74, 6) is 0.972. The van der Waals surface area contributed by atoms with Gasteiger partial charge in [-0.25, -0.2) is 4.98 Å². The topological polar surface area (TPSA) is 43.8 Å². The van der Waals surface area contributed by atoms with Gasteiger partial charge in [0.25, 0.3) is 0 Å². The normalized spacial score (nSPS) is 19.1. The zero-order valence-electron chi connectivity index (χ0n) is 9.44. The van der Waals surface area contributed by atoms with E-state index in [1.165, 1.54) is 5.69 Å². The lowest BCUT2D eigenvalue weighted by Gasteiger charge is -2.24. The summed E-state index contributed by atoms with van der Waals surface area (Å²) in [6, 6.07) is 8.13. The summed E-state index contributed by atoms with van der Waals surface area (Å²) < 4.78 is 3.23. The molecule has 4 heteroatoms. The summed E-state index contributed by atoms with van der Waals surface area (Å²) in [6.45, 7) is 0. The van der Waals surface area contributed by atoms with Crippen LogP contribution in [0.4, 0.5) is 0 Å². The number of hydrogen-bond donors (Lipinski definition) is 1. The Hall–Kier alpha value is -1.13. The highest BCUT2D eigenvalue weighted by molar-refractivity contribution is 9.10. The van der Waals surface area contributed by atoms with E-state index in [4.69, 9.17) is 5.73 Å². The summed E-state index contributed by atoms with van der Waals surface area (Å²) in [7, 11) is 0. The van der Waals surface area contributed by atoms with Crippen LogP contribution in [0.3, 0.4) is 0 Å². The molecule has 0 fully saturated rings.